The predicted octanol–water partition coefficient (Wildman–Crippen LogP) is 7.52. The smallest absolute Gasteiger partial charge is 0.338 e. The van der Waals surface area contributed by atoms with E-state index >= 15 is 0 Å². The number of morpholine rings is 4. The summed E-state index contributed by atoms with van der Waals surface area (Å²) in [6.07, 6.45) is 5.62. The molecule has 18 rings (SSSR count). The van der Waals surface area contributed by atoms with Crippen LogP contribution in [-0.2, 0) is 92.0 Å². The third kappa shape index (κ3) is 20.6. The van der Waals surface area contributed by atoms with Crippen LogP contribution >= 0.6 is 0 Å². The van der Waals surface area contributed by atoms with E-state index in [1.54, 1.807) is 80.3 Å². The molecule has 10 heterocycles. The molecule has 8 amide bonds. The minimum absolute atomic E-state index is 0.00592. The molecule has 9 N–H and O–H groups in total. The van der Waals surface area contributed by atoms with Crippen molar-refractivity contribution in [3.63, 3.8) is 0 Å². The summed E-state index contributed by atoms with van der Waals surface area (Å²) >= 11 is 0. The Hall–Kier alpha value is -13.9. The number of nitrogens with zero attached hydrogens (tertiary/aromatic N) is 13. The minimum Gasteiger partial charge on any atom is -0.457 e. The Morgan fingerprint density at radius 2 is 0.831 bits per heavy atom. The minimum atomic E-state index is -3.47. The quantitative estimate of drug-likeness (QED) is 0.0237. The van der Waals surface area contributed by atoms with Crippen LogP contribution in [0.15, 0.2) is 168 Å². The molecule has 38 nitrogen and oxygen atoms in total. The predicted molar refractivity (Wildman–Crippen MR) is 481 cm³/mol. The Balaban J connectivity index is 0.000000133. The van der Waals surface area contributed by atoms with E-state index in [1.807, 2.05) is 104 Å². The fraction of sp³-hybridized carbons (Fsp3) is 0.319. The van der Waals surface area contributed by atoms with Crippen molar-refractivity contribution >= 4 is 166 Å². The largest absolute Gasteiger partial charge is 0.457 e. The topological polar surface area (TPSA) is 480 Å². The van der Waals surface area contributed by atoms with E-state index in [2.05, 4.69) is 46.2 Å². The third-order valence-electron chi connectivity index (χ3n) is 22.3. The molecule has 0 unspecified atom stereocenters. The van der Waals surface area contributed by atoms with E-state index in [0.29, 0.717) is 183 Å². The van der Waals surface area contributed by atoms with Gasteiger partial charge in [0, 0.05) is 148 Å². The summed E-state index contributed by atoms with van der Waals surface area (Å²) < 4.78 is 56.9. The van der Waals surface area contributed by atoms with Gasteiger partial charge in [-0.2, -0.15) is 0 Å². The van der Waals surface area contributed by atoms with Gasteiger partial charge in [0.2, 0.25) is 23.8 Å². The summed E-state index contributed by atoms with van der Waals surface area (Å²) in [5, 5.41) is 58.1. The van der Waals surface area contributed by atoms with Crippen molar-refractivity contribution in [3.8, 4) is 0 Å². The first-order chi connectivity index (χ1) is 63.0. The first-order valence-corrected chi connectivity index (χ1v) is 44.1. The normalized spacial score (nSPS) is 15.2. The zero-order chi connectivity index (χ0) is 91.3. The lowest BCUT2D eigenvalue weighted by molar-refractivity contribution is -0.126. The van der Waals surface area contributed by atoms with Crippen LogP contribution in [0.2, 0.25) is 0 Å². The molecule has 676 valence electrons. The number of aliphatic hydroxyl groups is 5. The van der Waals surface area contributed by atoms with Crippen LogP contribution in [0.25, 0.3) is 44.1 Å². The molecule has 0 radical (unpaired) electrons. The van der Waals surface area contributed by atoms with Crippen LogP contribution in [0, 0.1) is 0 Å². The zero-order valence-electron chi connectivity index (χ0n) is 71.0. The number of ether oxygens (including phenoxy) is 5. The van der Waals surface area contributed by atoms with Crippen molar-refractivity contribution in [2.24, 2.45) is 4.99 Å². The number of amides is 8. The number of rotatable bonds is 26. The molecule has 6 aliphatic rings. The number of hydrogen-bond acceptors (Lipinski definition) is 26. The molecule has 8 aromatic carbocycles. The van der Waals surface area contributed by atoms with Gasteiger partial charge in [-0.3, -0.25) is 64.6 Å². The monoisotopic (exact) mass is 1790 g/mol. The highest BCUT2D eigenvalue weighted by Crippen LogP contribution is 2.35. The van der Waals surface area contributed by atoms with E-state index in [0.717, 1.165) is 57.4 Å². The van der Waals surface area contributed by atoms with E-state index < -0.39 is 21.7 Å². The Labute approximate surface area is 743 Å². The highest BCUT2D eigenvalue weighted by Gasteiger charge is 2.31. The van der Waals surface area contributed by atoms with Crippen LogP contribution < -0.4 is 40.9 Å². The lowest BCUT2D eigenvalue weighted by Crippen LogP contribution is -2.41. The summed E-state index contributed by atoms with van der Waals surface area (Å²) in [6, 6.07) is 44.6. The van der Waals surface area contributed by atoms with Crippen molar-refractivity contribution < 1.29 is 101 Å². The maximum Gasteiger partial charge on any atom is 0.338 e. The number of esters is 1. The third-order valence-corrected chi connectivity index (χ3v) is 23.4. The maximum atomic E-state index is 13.0. The van der Waals surface area contributed by atoms with Gasteiger partial charge >= 0.3 is 5.97 Å². The van der Waals surface area contributed by atoms with Gasteiger partial charge in [0.15, 0.2) is 9.84 Å². The molecular formula is C91H95N17O21S. The number of fused-ring (bicyclic) bond motifs is 6. The molecule has 130 heavy (non-hydrogen) atoms. The molecule has 0 spiro atoms. The number of benzene rings is 8. The van der Waals surface area contributed by atoms with E-state index in [1.165, 1.54) is 24.3 Å². The molecule has 4 aromatic heterocycles. The Bertz CT molecular complexity index is 6500. The van der Waals surface area contributed by atoms with E-state index in [-0.39, 0.29) is 130 Å². The molecule has 6 aliphatic heterocycles. The van der Waals surface area contributed by atoms with E-state index in [4.69, 9.17) is 23.7 Å². The molecule has 39 heteroatoms. The Kier molecular flexibility index (Phi) is 28.7. The second kappa shape index (κ2) is 41.1. The summed E-state index contributed by atoms with van der Waals surface area (Å²) in [4.78, 5) is 142. The van der Waals surface area contributed by atoms with Crippen LogP contribution in [0.1, 0.15) is 107 Å². The van der Waals surface area contributed by atoms with Gasteiger partial charge in [-0.05, 0) is 177 Å². The van der Waals surface area contributed by atoms with Gasteiger partial charge in [-0.25, -0.2) is 33.1 Å². The number of aryl methyl sites for hydroxylation is 3. The average molecular weight is 1790 g/mol. The summed E-state index contributed by atoms with van der Waals surface area (Å²) in [5.41, 5.74) is 13.6. The number of cyclic esters (lactones) is 1. The van der Waals surface area contributed by atoms with Crippen molar-refractivity contribution in [2.75, 3.05) is 153 Å². The number of carbonyl (C=O) groups is 9. The highest BCUT2D eigenvalue weighted by molar-refractivity contribution is 7.90. The molecule has 0 bridgehead atoms. The molecular weight excluding hydrogens is 1700 g/mol. The SMILES string of the molecule is C[C@H](CCO)n1c(NC(=O)c2cccc(S(C)(=O)=O)c2)nc2cc(N3CCOCC3=O)ccc21.O=C(Nc1nc2cc(N3CCOCC3=O)ccc2n1CCCO)c1ccc2c(c1)COC2=O.O=C(Nc1nc2cc(N3CCOCC3=O)ccc2n1CCCO)c1ccc2c(c1)N=CC2.O=C(Nc1nc2cc(N3CCOCC3=O)ccc2n1CCCO)c1cccc(CO)c1. The second-order valence-corrected chi connectivity index (χ2v) is 33.0. The van der Waals surface area contributed by atoms with Gasteiger partial charge < -0.3 is 87.1 Å². The number of anilines is 8. The summed E-state index contributed by atoms with van der Waals surface area (Å²) in [7, 11) is -3.47. The van der Waals surface area contributed by atoms with Gasteiger partial charge in [-0.1, -0.05) is 24.3 Å². The number of carbonyl (C=O) groups excluding carboxylic acids is 9. The van der Waals surface area contributed by atoms with Crippen LogP contribution in [0.3, 0.4) is 0 Å². The highest BCUT2D eigenvalue weighted by atomic mass is 32.2. The standard InChI is InChI=1S/C23H23N5O4.C23H26N4O6S.C23H22N4O6.C22H24N4O5/c29-10-1-8-28-20-5-4-17(27-9-11-32-14-21(27)30)13-19(20)25-23(28)26-22(31)16-3-2-15-6-7-24-18(15)12-16;1-15(8-10-28)27-20-7-6-17(26-9-11-33-14-21(26)29)13-19(20)24-23(27)25-22(30)16-4-3-5-18(12-16)34(2,31)32;28-8-1-6-27-19-5-3-16(26-7-9-32-13-20(26)29)11-18(19)24-23(27)25-21(30)14-2-4-17-15(10-14)12-33-22(17)31;27-9-2-7-26-19-6-5-17(25-8-10-31-14-20(25)29)12-18(19)23-22(26)24-21(30)16-4-1-3-15(11-16)13-28/h2-5,7,12-13,29H,1,6,8-11,14H2,(H,25,26,31);3-7,12-13,15,28H,8-11,14H2,1-2H3,(H,24,25,30);2-5,10-11,28H,1,6-9,12-13H2,(H,24,25,30);1,3-6,11-12,27-28H,2,7-10,13-14H2,(H,23,24,30)/t;15-;;/m.1../s1. The first-order valence-electron chi connectivity index (χ1n) is 42.2. The number of nitrogens with one attached hydrogen (secondary N) is 4. The molecule has 4 saturated heterocycles. The lowest BCUT2D eigenvalue weighted by Gasteiger charge is -2.26. The lowest BCUT2D eigenvalue weighted by atomic mass is 10.1. The van der Waals surface area contributed by atoms with Crippen LogP contribution in [-0.4, -0.2) is 243 Å². The summed E-state index contributed by atoms with van der Waals surface area (Å²) in [5.74, 6) is -1.02. The van der Waals surface area contributed by atoms with Crippen LogP contribution in [0.5, 0.6) is 0 Å². The van der Waals surface area contributed by atoms with E-state index in [9.17, 15) is 77.1 Å². The number of aliphatic imine (C=N–C) groups is 1. The van der Waals surface area contributed by atoms with Gasteiger partial charge in [-0.15, -0.1) is 0 Å². The number of imidazole rings is 4. The van der Waals surface area contributed by atoms with Gasteiger partial charge in [0.25, 0.3) is 47.3 Å². The molecule has 12 aromatic rings. The maximum absolute atomic E-state index is 13.0. The zero-order valence-corrected chi connectivity index (χ0v) is 71.9. The molecule has 0 saturated carbocycles. The number of aromatic nitrogens is 8. The number of hydrogen-bond donors (Lipinski definition) is 9. The van der Waals surface area contributed by atoms with Crippen molar-refractivity contribution in [1.82, 2.24) is 38.2 Å². The second-order valence-electron chi connectivity index (χ2n) is 31.0. The summed E-state index contributed by atoms with van der Waals surface area (Å²) in [6.45, 7) is 7.19. The van der Waals surface area contributed by atoms with Gasteiger partial charge in [0.05, 0.1) is 93.3 Å². The Morgan fingerprint density at radius 3 is 1.26 bits per heavy atom. The Morgan fingerprint density at radius 1 is 0.431 bits per heavy atom. The van der Waals surface area contributed by atoms with Crippen LogP contribution in [0.4, 0.5) is 52.2 Å². The van der Waals surface area contributed by atoms with Crippen molar-refractivity contribution in [1.29, 1.82) is 0 Å². The molecule has 1 atom stereocenters. The van der Waals surface area contributed by atoms with Crippen molar-refractivity contribution in [3.05, 3.63) is 202 Å². The first kappa shape index (κ1) is 90.9. The number of aliphatic hydroxyl groups excluding tert-OH is 5. The molecule has 4 fully saturated rings. The van der Waals surface area contributed by atoms with Gasteiger partial charge in [0.1, 0.15) is 33.0 Å². The van der Waals surface area contributed by atoms with Crippen molar-refractivity contribution in [2.45, 2.75) is 82.8 Å². The molecule has 0 aliphatic carbocycles. The fourth-order valence-corrected chi connectivity index (χ4v) is 16.3. The fourth-order valence-electron chi connectivity index (χ4n) is 15.7. The average Bonchev–Trinajstić information content (AvgIpc) is 1.66. The number of sulfone groups is 1.